The summed E-state index contributed by atoms with van der Waals surface area (Å²) in [6, 6.07) is 0. The van der Waals surface area contributed by atoms with Crippen LogP contribution in [0.15, 0.2) is 4.52 Å². The molecule has 1 saturated heterocycles. The lowest BCUT2D eigenvalue weighted by atomic mass is 9.76. The fraction of sp³-hybridized carbons (Fsp3) is 0.786. The smallest absolute Gasteiger partial charge is 0.399 e. The molecule has 1 aromatic heterocycles. The number of hydrogen-bond acceptors (Lipinski definition) is 4. The molecule has 0 unspecified atom stereocenters. The summed E-state index contributed by atoms with van der Waals surface area (Å²) in [6.45, 7) is 12.3. The van der Waals surface area contributed by atoms with Gasteiger partial charge in [-0.3, -0.25) is 0 Å². The first-order valence-electron chi connectivity index (χ1n) is 7.09. The first kappa shape index (κ1) is 14.6. The van der Waals surface area contributed by atoms with Gasteiger partial charge in [0.1, 0.15) is 5.76 Å². The Balaban J connectivity index is 2.26. The van der Waals surface area contributed by atoms with Gasteiger partial charge < -0.3 is 13.8 Å². The highest BCUT2D eigenvalue weighted by atomic mass is 16.7. The normalized spacial score (nSPS) is 21.1. The van der Waals surface area contributed by atoms with Gasteiger partial charge in [-0.05, 0) is 41.0 Å². The van der Waals surface area contributed by atoms with E-state index in [-0.39, 0.29) is 18.3 Å². The van der Waals surface area contributed by atoms with Crippen LogP contribution in [0.2, 0.25) is 0 Å². The van der Waals surface area contributed by atoms with Crippen molar-refractivity contribution in [3.8, 4) is 0 Å². The zero-order valence-electron chi connectivity index (χ0n) is 12.9. The van der Waals surface area contributed by atoms with Gasteiger partial charge in [0.05, 0.1) is 16.9 Å². The predicted octanol–water partition coefficient (Wildman–Crippen LogP) is 2.62. The Hall–Kier alpha value is -0.805. The lowest BCUT2D eigenvalue weighted by Crippen LogP contribution is -2.41. The van der Waals surface area contributed by atoms with Crippen molar-refractivity contribution in [3.05, 3.63) is 11.5 Å². The van der Waals surface area contributed by atoms with Gasteiger partial charge in [-0.25, -0.2) is 0 Å². The standard InChI is InChI=1S/C14H24BNO3/c1-7-8-9-11-12(10(2)16-17-11)15-18-13(3,4)14(5,6)19-15/h7-9H2,1-6H3. The number of aromatic nitrogens is 1. The summed E-state index contributed by atoms with van der Waals surface area (Å²) in [6.07, 6.45) is 3.10. The summed E-state index contributed by atoms with van der Waals surface area (Å²) in [5.41, 5.74) is 1.18. The fourth-order valence-corrected chi connectivity index (χ4v) is 2.20. The fourth-order valence-electron chi connectivity index (χ4n) is 2.20. The molecule has 1 aliphatic heterocycles. The van der Waals surface area contributed by atoms with Crippen LogP contribution >= 0.6 is 0 Å². The van der Waals surface area contributed by atoms with Crippen LogP contribution in [0.25, 0.3) is 0 Å². The van der Waals surface area contributed by atoms with Crippen LogP contribution in [-0.4, -0.2) is 23.5 Å². The minimum Gasteiger partial charge on any atom is -0.399 e. The van der Waals surface area contributed by atoms with Gasteiger partial charge in [-0.2, -0.15) is 0 Å². The summed E-state index contributed by atoms with van der Waals surface area (Å²) >= 11 is 0. The lowest BCUT2D eigenvalue weighted by molar-refractivity contribution is 0.00578. The molecular weight excluding hydrogens is 241 g/mol. The second kappa shape index (κ2) is 4.95. The molecular formula is C14H24BNO3. The molecule has 2 heterocycles. The molecule has 1 aromatic rings. The summed E-state index contributed by atoms with van der Waals surface area (Å²) in [5.74, 6) is 0.901. The van der Waals surface area contributed by atoms with E-state index in [9.17, 15) is 0 Å². The monoisotopic (exact) mass is 265 g/mol. The van der Waals surface area contributed by atoms with Crippen molar-refractivity contribution < 1.29 is 13.8 Å². The Morgan fingerprint density at radius 3 is 2.21 bits per heavy atom. The van der Waals surface area contributed by atoms with Crippen molar-refractivity contribution in [1.29, 1.82) is 0 Å². The SMILES string of the molecule is CCCCc1onc(C)c1B1OC(C)(C)C(C)(C)O1. The molecule has 0 aliphatic carbocycles. The van der Waals surface area contributed by atoms with E-state index in [0.29, 0.717) is 0 Å². The Morgan fingerprint density at radius 2 is 1.68 bits per heavy atom. The van der Waals surface area contributed by atoms with E-state index in [1.165, 1.54) is 0 Å². The molecule has 4 nitrogen and oxygen atoms in total. The van der Waals surface area contributed by atoms with Gasteiger partial charge in [0.25, 0.3) is 0 Å². The zero-order chi connectivity index (χ0) is 14.3. The van der Waals surface area contributed by atoms with Gasteiger partial charge >= 0.3 is 7.12 Å². The number of aryl methyl sites for hydroxylation is 2. The molecule has 19 heavy (non-hydrogen) atoms. The van der Waals surface area contributed by atoms with E-state index in [4.69, 9.17) is 13.8 Å². The average Bonchev–Trinajstić information content (AvgIpc) is 2.74. The molecule has 0 spiro atoms. The van der Waals surface area contributed by atoms with E-state index >= 15 is 0 Å². The molecule has 0 aromatic carbocycles. The molecule has 1 fully saturated rings. The summed E-state index contributed by atoms with van der Waals surface area (Å²) in [5, 5.41) is 4.07. The van der Waals surface area contributed by atoms with Crippen molar-refractivity contribution in [2.24, 2.45) is 0 Å². The van der Waals surface area contributed by atoms with Gasteiger partial charge in [0.15, 0.2) is 0 Å². The van der Waals surface area contributed by atoms with Gasteiger partial charge in [0, 0.05) is 11.9 Å². The molecule has 2 rings (SSSR count). The van der Waals surface area contributed by atoms with E-state index in [0.717, 1.165) is 36.2 Å². The third-order valence-corrected chi connectivity index (χ3v) is 4.23. The molecule has 106 valence electrons. The van der Waals surface area contributed by atoms with Crippen molar-refractivity contribution in [2.75, 3.05) is 0 Å². The first-order chi connectivity index (χ1) is 8.78. The minimum absolute atomic E-state index is 0.330. The predicted molar refractivity (Wildman–Crippen MR) is 75.6 cm³/mol. The maximum Gasteiger partial charge on any atom is 0.500 e. The minimum atomic E-state index is -0.372. The van der Waals surface area contributed by atoms with Crippen LogP contribution < -0.4 is 5.46 Å². The largest absolute Gasteiger partial charge is 0.500 e. The summed E-state index contributed by atoms with van der Waals surface area (Å²) in [7, 11) is -0.372. The second-order valence-corrected chi connectivity index (χ2v) is 6.30. The molecule has 0 saturated carbocycles. The molecule has 0 atom stereocenters. The van der Waals surface area contributed by atoms with Gasteiger partial charge in [-0.1, -0.05) is 18.5 Å². The third-order valence-electron chi connectivity index (χ3n) is 4.23. The molecule has 0 amide bonds. The summed E-state index contributed by atoms with van der Waals surface area (Å²) in [4.78, 5) is 0. The van der Waals surface area contributed by atoms with Gasteiger partial charge in [-0.15, -0.1) is 0 Å². The zero-order valence-corrected chi connectivity index (χ0v) is 12.9. The highest BCUT2D eigenvalue weighted by Crippen LogP contribution is 2.37. The van der Waals surface area contributed by atoms with Crippen LogP contribution in [0, 0.1) is 6.92 Å². The van der Waals surface area contributed by atoms with Crippen molar-refractivity contribution in [3.63, 3.8) is 0 Å². The van der Waals surface area contributed by atoms with E-state index < -0.39 is 0 Å². The first-order valence-corrected chi connectivity index (χ1v) is 7.09. The molecule has 1 aliphatic rings. The van der Waals surface area contributed by atoms with E-state index in [1.54, 1.807) is 0 Å². The average molecular weight is 265 g/mol. The Bertz CT molecular complexity index is 438. The summed E-state index contributed by atoms with van der Waals surface area (Å²) < 4.78 is 17.6. The topological polar surface area (TPSA) is 44.5 Å². The quantitative estimate of drug-likeness (QED) is 0.785. The maximum atomic E-state index is 6.09. The maximum absolute atomic E-state index is 6.09. The van der Waals surface area contributed by atoms with Crippen molar-refractivity contribution in [1.82, 2.24) is 5.16 Å². The molecule has 0 radical (unpaired) electrons. The number of hydrogen-bond donors (Lipinski definition) is 0. The van der Waals surface area contributed by atoms with Crippen LogP contribution in [0.5, 0.6) is 0 Å². The Kier molecular flexibility index (Phi) is 3.80. The van der Waals surface area contributed by atoms with Crippen LogP contribution in [0.4, 0.5) is 0 Å². The Labute approximate surface area is 116 Å². The molecule has 0 N–H and O–H groups in total. The second-order valence-electron chi connectivity index (χ2n) is 6.30. The van der Waals surface area contributed by atoms with E-state index in [2.05, 4.69) is 39.8 Å². The van der Waals surface area contributed by atoms with Crippen LogP contribution in [0.1, 0.15) is 58.9 Å². The van der Waals surface area contributed by atoms with Crippen molar-refractivity contribution >= 4 is 12.6 Å². The lowest BCUT2D eigenvalue weighted by Gasteiger charge is -2.32. The molecule has 0 bridgehead atoms. The third kappa shape index (κ3) is 2.58. The van der Waals surface area contributed by atoms with Crippen LogP contribution in [0.3, 0.4) is 0 Å². The number of nitrogens with zero attached hydrogens (tertiary/aromatic N) is 1. The van der Waals surface area contributed by atoms with Gasteiger partial charge in [0.2, 0.25) is 0 Å². The van der Waals surface area contributed by atoms with E-state index in [1.807, 2.05) is 6.92 Å². The molecule has 5 heteroatoms. The van der Waals surface area contributed by atoms with Crippen LogP contribution in [-0.2, 0) is 15.7 Å². The highest BCUT2D eigenvalue weighted by molar-refractivity contribution is 6.63. The number of unbranched alkanes of at least 4 members (excludes halogenated alkanes) is 1. The van der Waals surface area contributed by atoms with Crippen molar-refractivity contribution in [2.45, 2.75) is 72.0 Å². The highest BCUT2D eigenvalue weighted by Gasteiger charge is 2.53. The number of rotatable bonds is 4. The Morgan fingerprint density at radius 1 is 1.11 bits per heavy atom.